The molecule has 104 valence electrons. The van der Waals surface area contributed by atoms with Crippen molar-refractivity contribution in [2.75, 3.05) is 13.1 Å². The molecule has 0 aliphatic carbocycles. The molecule has 1 unspecified atom stereocenters. The second kappa shape index (κ2) is 6.73. The maximum absolute atomic E-state index is 12.0. The topological polar surface area (TPSA) is 69.6 Å². The van der Waals surface area contributed by atoms with Crippen molar-refractivity contribution in [1.82, 2.24) is 10.2 Å². The number of amides is 2. The van der Waals surface area contributed by atoms with Crippen molar-refractivity contribution < 1.29 is 14.7 Å². The van der Waals surface area contributed by atoms with E-state index in [1.165, 1.54) is 0 Å². The van der Waals surface area contributed by atoms with Crippen molar-refractivity contribution in [2.45, 2.75) is 52.2 Å². The van der Waals surface area contributed by atoms with Crippen molar-refractivity contribution in [3.63, 3.8) is 0 Å². The van der Waals surface area contributed by atoms with Crippen molar-refractivity contribution in [2.24, 2.45) is 5.92 Å². The van der Waals surface area contributed by atoms with Gasteiger partial charge in [0.25, 0.3) is 0 Å². The maximum Gasteiger partial charge on any atom is 0.249 e. The molecule has 3 atom stereocenters. The summed E-state index contributed by atoms with van der Waals surface area (Å²) in [5.41, 5.74) is 0. The number of carbonyl (C=O) groups is 2. The summed E-state index contributed by atoms with van der Waals surface area (Å²) in [6.07, 6.45) is 1.75. The number of nitrogens with one attached hydrogen (secondary N) is 1. The molecule has 0 bridgehead atoms. The Morgan fingerprint density at radius 3 is 2.33 bits per heavy atom. The van der Waals surface area contributed by atoms with Gasteiger partial charge in [0.15, 0.2) is 0 Å². The van der Waals surface area contributed by atoms with Crippen LogP contribution in [0.4, 0.5) is 0 Å². The number of hydrogen-bond donors (Lipinski definition) is 2. The van der Waals surface area contributed by atoms with Crippen LogP contribution in [0.1, 0.15) is 40.0 Å². The molecule has 0 aromatic heterocycles. The molecular formula is C13H24N2O3. The lowest BCUT2D eigenvalue weighted by atomic mass is 10.0. The number of rotatable bonds is 5. The van der Waals surface area contributed by atoms with Crippen LogP contribution in [0, 0.1) is 5.92 Å². The molecule has 1 saturated heterocycles. The highest BCUT2D eigenvalue weighted by molar-refractivity contribution is 5.89. The van der Waals surface area contributed by atoms with Gasteiger partial charge >= 0.3 is 0 Å². The molecule has 1 heterocycles. The summed E-state index contributed by atoms with van der Waals surface area (Å²) >= 11 is 0. The first-order chi connectivity index (χ1) is 8.47. The molecular weight excluding hydrogens is 232 g/mol. The third kappa shape index (κ3) is 3.70. The summed E-state index contributed by atoms with van der Waals surface area (Å²) < 4.78 is 0. The smallest absolute Gasteiger partial charge is 0.249 e. The van der Waals surface area contributed by atoms with E-state index >= 15 is 0 Å². The summed E-state index contributed by atoms with van der Waals surface area (Å²) in [5.74, 6) is -0.610. The molecule has 1 aliphatic heterocycles. The van der Waals surface area contributed by atoms with Gasteiger partial charge in [-0.1, -0.05) is 20.3 Å². The zero-order valence-corrected chi connectivity index (χ0v) is 11.5. The van der Waals surface area contributed by atoms with Gasteiger partial charge in [0.05, 0.1) is 0 Å². The standard InChI is InChI=1S/C13H24N2O3/c1-4-9(2)11(16)12(17)14-10(3)13(18)15-7-5-6-8-15/h9-11,16H,4-8H2,1-3H3,(H,14,17)/t9-,10?,11+/m0/s1. The van der Waals surface area contributed by atoms with E-state index in [1.807, 2.05) is 13.8 Å². The van der Waals surface area contributed by atoms with Gasteiger partial charge in [-0.3, -0.25) is 9.59 Å². The van der Waals surface area contributed by atoms with Gasteiger partial charge in [-0.05, 0) is 25.7 Å². The Bertz CT molecular complexity index is 301. The Labute approximate surface area is 109 Å². The van der Waals surface area contributed by atoms with E-state index in [4.69, 9.17) is 0 Å². The van der Waals surface area contributed by atoms with Crippen molar-refractivity contribution >= 4 is 11.8 Å². The van der Waals surface area contributed by atoms with Crippen LogP contribution in [0.25, 0.3) is 0 Å². The fourth-order valence-corrected chi connectivity index (χ4v) is 2.05. The Kier molecular flexibility index (Phi) is 5.59. The van der Waals surface area contributed by atoms with E-state index in [9.17, 15) is 14.7 Å². The summed E-state index contributed by atoms with van der Waals surface area (Å²) in [4.78, 5) is 25.5. The lowest BCUT2D eigenvalue weighted by Gasteiger charge is -2.23. The molecule has 1 aliphatic rings. The van der Waals surface area contributed by atoms with E-state index in [1.54, 1.807) is 11.8 Å². The largest absolute Gasteiger partial charge is 0.383 e. The summed E-state index contributed by atoms with van der Waals surface area (Å²) in [7, 11) is 0. The van der Waals surface area contributed by atoms with Gasteiger partial charge in [0, 0.05) is 13.1 Å². The molecule has 0 aromatic rings. The lowest BCUT2D eigenvalue weighted by Crippen LogP contribution is -2.49. The van der Waals surface area contributed by atoms with Crippen molar-refractivity contribution in [3.8, 4) is 0 Å². The van der Waals surface area contributed by atoms with Crippen molar-refractivity contribution in [1.29, 1.82) is 0 Å². The van der Waals surface area contributed by atoms with Gasteiger partial charge in [-0.2, -0.15) is 0 Å². The second-order valence-corrected chi connectivity index (χ2v) is 5.09. The second-order valence-electron chi connectivity index (χ2n) is 5.09. The van der Waals surface area contributed by atoms with Crippen LogP contribution >= 0.6 is 0 Å². The van der Waals surface area contributed by atoms with Gasteiger partial charge in [-0.15, -0.1) is 0 Å². The number of carbonyl (C=O) groups excluding carboxylic acids is 2. The SMILES string of the molecule is CC[C@H](C)[C@@H](O)C(=O)NC(C)C(=O)N1CCCC1. The van der Waals surface area contributed by atoms with Crippen LogP contribution in [0.15, 0.2) is 0 Å². The molecule has 0 aromatic carbocycles. The molecule has 0 saturated carbocycles. The van der Waals surface area contributed by atoms with E-state index in [-0.39, 0.29) is 11.8 Å². The fourth-order valence-electron chi connectivity index (χ4n) is 2.05. The number of likely N-dealkylation sites (tertiary alicyclic amines) is 1. The zero-order valence-electron chi connectivity index (χ0n) is 11.5. The highest BCUT2D eigenvalue weighted by atomic mass is 16.3. The molecule has 18 heavy (non-hydrogen) atoms. The quantitative estimate of drug-likeness (QED) is 0.753. The van der Waals surface area contributed by atoms with Gasteiger partial charge in [0.2, 0.25) is 11.8 Å². The molecule has 5 nitrogen and oxygen atoms in total. The molecule has 1 rings (SSSR count). The third-order valence-corrected chi connectivity index (χ3v) is 3.60. The Morgan fingerprint density at radius 1 is 1.28 bits per heavy atom. The van der Waals surface area contributed by atoms with E-state index in [0.29, 0.717) is 0 Å². The highest BCUT2D eigenvalue weighted by Gasteiger charge is 2.27. The van der Waals surface area contributed by atoms with Crippen LogP contribution in [-0.4, -0.2) is 47.1 Å². The minimum Gasteiger partial charge on any atom is -0.383 e. The lowest BCUT2D eigenvalue weighted by molar-refractivity contribution is -0.139. The highest BCUT2D eigenvalue weighted by Crippen LogP contribution is 2.10. The predicted molar refractivity (Wildman–Crippen MR) is 68.9 cm³/mol. The van der Waals surface area contributed by atoms with Crippen LogP contribution in [-0.2, 0) is 9.59 Å². The summed E-state index contributed by atoms with van der Waals surface area (Å²) in [6, 6.07) is -0.561. The minimum atomic E-state index is -1.04. The van der Waals surface area contributed by atoms with Gasteiger partial charge < -0.3 is 15.3 Å². The average molecular weight is 256 g/mol. The van der Waals surface area contributed by atoms with Gasteiger partial charge in [0.1, 0.15) is 12.1 Å². The Hall–Kier alpha value is -1.10. The average Bonchev–Trinajstić information content (AvgIpc) is 2.89. The number of aliphatic hydroxyl groups is 1. The number of aliphatic hydroxyl groups excluding tert-OH is 1. The Morgan fingerprint density at radius 2 is 1.83 bits per heavy atom. The Balaban J connectivity index is 2.45. The number of nitrogens with zero attached hydrogens (tertiary/aromatic N) is 1. The summed E-state index contributed by atoms with van der Waals surface area (Å²) in [6.45, 7) is 6.94. The molecule has 5 heteroatoms. The van der Waals surface area contributed by atoms with Crippen LogP contribution < -0.4 is 5.32 Å². The van der Waals surface area contributed by atoms with Crippen LogP contribution in [0.3, 0.4) is 0 Å². The first-order valence-electron chi connectivity index (χ1n) is 6.74. The van der Waals surface area contributed by atoms with Gasteiger partial charge in [-0.25, -0.2) is 0 Å². The molecule has 1 fully saturated rings. The first kappa shape index (κ1) is 15.0. The first-order valence-corrected chi connectivity index (χ1v) is 6.74. The van der Waals surface area contributed by atoms with Crippen LogP contribution in [0.2, 0.25) is 0 Å². The van der Waals surface area contributed by atoms with E-state index in [2.05, 4.69) is 5.32 Å². The van der Waals surface area contributed by atoms with Crippen molar-refractivity contribution in [3.05, 3.63) is 0 Å². The van der Waals surface area contributed by atoms with E-state index in [0.717, 1.165) is 32.4 Å². The number of hydrogen-bond acceptors (Lipinski definition) is 3. The monoisotopic (exact) mass is 256 g/mol. The summed E-state index contributed by atoms with van der Waals surface area (Å²) in [5, 5.41) is 12.3. The fraction of sp³-hybridized carbons (Fsp3) is 0.846. The maximum atomic E-state index is 12.0. The zero-order chi connectivity index (χ0) is 13.7. The third-order valence-electron chi connectivity index (χ3n) is 3.60. The van der Waals surface area contributed by atoms with E-state index < -0.39 is 18.1 Å². The van der Waals surface area contributed by atoms with Crippen LogP contribution in [0.5, 0.6) is 0 Å². The predicted octanol–water partition coefficient (Wildman–Crippen LogP) is 0.520. The molecule has 2 amide bonds. The molecule has 2 N–H and O–H groups in total. The minimum absolute atomic E-state index is 0.0581. The molecule has 0 spiro atoms. The molecule has 0 radical (unpaired) electrons. The normalized spacial score (nSPS) is 20.3.